The number of carbonyl (C=O) groups excluding carboxylic acids is 1. The molecule has 0 spiro atoms. The summed E-state index contributed by atoms with van der Waals surface area (Å²) in [7, 11) is 2.10. The lowest BCUT2D eigenvalue weighted by molar-refractivity contribution is -0.132. The maximum Gasteiger partial charge on any atom is 0.222 e. The van der Waals surface area contributed by atoms with Crippen LogP contribution in [0.3, 0.4) is 0 Å². The molecule has 0 aromatic heterocycles. The van der Waals surface area contributed by atoms with Gasteiger partial charge in [-0.1, -0.05) is 6.07 Å². The summed E-state index contributed by atoms with van der Waals surface area (Å²) in [5, 5.41) is 0. The number of morpholine rings is 1. The largest absolute Gasteiger partial charge is 0.397 e. The van der Waals surface area contributed by atoms with Gasteiger partial charge in [-0.3, -0.25) is 4.79 Å². The molecule has 0 saturated carbocycles. The third-order valence-corrected chi connectivity index (χ3v) is 4.93. The van der Waals surface area contributed by atoms with Crippen LogP contribution < -0.4 is 10.6 Å². The molecule has 2 fully saturated rings. The van der Waals surface area contributed by atoms with Gasteiger partial charge in [0.1, 0.15) is 0 Å². The molecule has 2 aliphatic rings. The number of benzene rings is 1. The van der Waals surface area contributed by atoms with Crippen LogP contribution in [0.1, 0.15) is 12.0 Å². The van der Waals surface area contributed by atoms with Crippen molar-refractivity contribution in [3.05, 3.63) is 23.8 Å². The molecule has 6 nitrogen and oxygen atoms in total. The highest BCUT2D eigenvalue weighted by Gasteiger charge is 2.19. The zero-order valence-electron chi connectivity index (χ0n) is 14.5. The van der Waals surface area contributed by atoms with Crippen molar-refractivity contribution in [1.29, 1.82) is 0 Å². The Labute approximate surface area is 144 Å². The van der Waals surface area contributed by atoms with Gasteiger partial charge < -0.3 is 25.2 Å². The number of carbonyl (C=O) groups is 1. The van der Waals surface area contributed by atoms with Crippen LogP contribution in [0.2, 0.25) is 0 Å². The van der Waals surface area contributed by atoms with Crippen LogP contribution in [0, 0.1) is 0 Å². The number of rotatable bonds is 4. The number of piperazine rings is 1. The van der Waals surface area contributed by atoms with Gasteiger partial charge in [0.2, 0.25) is 5.91 Å². The van der Waals surface area contributed by atoms with Crippen LogP contribution in [-0.4, -0.2) is 75.2 Å². The number of anilines is 2. The Morgan fingerprint density at radius 1 is 1.12 bits per heavy atom. The van der Waals surface area contributed by atoms with Gasteiger partial charge in [-0.2, -0.15) is 0 Å². The quantitative estimate of drug-likeness (QED) is 0.827. The van der Waals surface area contributed by atoms with E-state index in [1.165, 1.54) is 0 Å². The molecule has 0 bridgehead atoms. The number of nitrogen functional groups attached to an aromatic ring is 1. The van der Waals surface area contributed by atoms with E-state index in [-0.39, 0.29) is 5.91 Å². The van der Waals surface area contributed by atoms with Crippen LogP contribution in [0.4, 0.5) is 11.4 Å². The first-order chi connectivity index (χ1) is 11.6. The predicted molar refractivity (Wildman–Crippen MR) is 96.3 cm³/mol. The summed E-state index contributed by atoms with van der Waals surface area (Å²) in [6.07, 6.45) is 1.30. The van der Waals surface area contributed by atoms with Gasteiger partial charge >= 0.3 is 0 Å². The lowest BCUT2D eigenvalue weighted by Gasteiger charge is -2.32. The summed E-state index contributed by atoms with van der Waals surface area (Å²) >= 11 is 0. The molecule has 24 heavy (non-hydrogen) atoms. The van der Waals surface area contributed by atoms with Gasteiger partial charge in [-0.05, 0) is 31.2 Å². The summed E-state index contributed by atoms with van der Waals surface area (Å²) in [4.78, 5) is 18.8. The van der Waals surface area contributed by atoms with Gasteiger partial charge in [-0.15, -0.1) is 0 Å². The van der Waals surface area contributed by atoms with Crippen LogP contribution in [0.5, 0.6) is 0 Å². The van der Waals surface area contributed by atoms with Crippen LogP contribution in [0.25, 0.3) is 0 Å². The zero-order valence-corrected chi connectivity index (χ0v) is 14.5. The van der Waals surface area contributed by atoms with E-state index in [1.807, 2.05) is 11.0 Å². The van der Waals surface area contributed by atoms with E-state index in [0.29, 0.717) is 6.42 Å². The number of nitrogens with two attached hydrogens (primary N) is 1. The molecule has 3 rings (SSSR count). The van der Waals surface area contributed by atoms with Crippen molar-refractivity contribution < 1.29 is 9.53 Å². The summed E-state index contributed by atoms with van der Waals surface area (Å²) in [5.74, 6) is 0.249. The molecule has 0 aliphatic carbocycles. The minimum Gasteiger partial charge on any atom is -0.397 e. The Morgan fingerprint density at radius 3 is 2.50 bits per heavy atom. The highest BCUT2D eigenvalue weighted by atomic mass is 16.5. The van der Waals surface area contributed by atoms with E-state index in [9.17, 15) is 4.79 Å². The van der Waals surface area contributed by atoms with E-state index < -0.39 is 0 Å². The summed E-state index contributed by atoms with van der Waals surface area (Å²) in [6.45, 7) is 6.87. The van der Waals surface area contributed by atoms with E-state index >= 15 is 0 Å². The molecule has 6 heteroatoms. The lowest BCUT2D eigenvalue weighted by atomic mass is 10.1. The smallest absolute Gasteiger partial charge is 0.222 e. The Bertz CT molecular complexity index is 564. The highest BCUT2D eigenvalue weighted by molar-refractivity contribution is 5.77. The third kappa shape index (κ3) is 4.19. The van der Waals surface area contributed by atoms with Crippen molar-refractivity contribution >= 4 is 17.3 Å². The molecule has 0 unspecified atom stereocenters. The zero-order chi connectivity index (χ0) is 16.9. The Morgan fingerprint density at radius 2 is 1.83 bits per heavy atom. The average Bonchev–Trinajstić information content (AvgIpc) is 2.61. The number of hydrogen-bond acceptors (Lipinski definition) is 5. The van der Waals surface area contributed by atoms with Crippen molar-refractivity contribution in [2.45, 2.75) is 12.8 Å². The molecule has 1 aromatic carbocycles. The number of nitrogens with zero attached hydrogens (tertiary/aromatic N) is 3. The molecule has 0 atom stereocenters. The normalized spacial score (nSPS) is 19.5. The van der Waals surface area contributed by atoms with Crippen LogP contribution in [0.15, 0.2) is 18.2 Å². The highest BCUT2D eigenvalue weighted by Crippen LogP contribution is 2.25. The minimum atomic E-state index is 0.249. The summed E-state index contributed by atoms with van der Waals surface area (Å²) in [6, 6.07) is 6.19. The Kier molecular flexibility index (Phi) is 5.58. The molecule has 2 N–H and O–H groups in total. The molecule has 2 aliphatic heterocycles. The molecular formula is C18H28N4O2. The number of ether oxygens (including phenoxy) is 1. The van der Waals surface area contributed by atoms with E-state index in [1.54, 1.807) is 0 Å². The van der Waals surface area contributed by atoms with Crippen molar-refractivity contribution in [3.8, 4) is 0 Å². The molecular weight excluding hydrogens is 304 g/mol. The number of amides is 1. The van der Waals surface area contributed by atoms with Gasteiger partial charge in [0, 0.05) is 45.7 Å². The second kappa shape index (κ2) is 7.85. The lowest BCUT2D eigenvalue weighted by Crippen LogP contribution is -2.47. The number of likely N-dealkylation sites (N-methyl/N-ethyl adjacent to an activating group) is 1. The van der Waals surface area contributed by atoms with Crippen LogP contribution >= 0.6 is 0 Å². The fourth-order valence-corrected chi connectivity index (χ4v) is 3.32. The Hall–Kier alpha value is -1.79. The summed E-state index contributed by atoms with van der Waals surface area (Å²) < 4.78 is 5.39. The first-order valence-corrected chi connectivity index (χ1v) is 8.81. The first-order valence-electron chi connectivity index (χ1n) is 8.81. The van der Waals surface area contributed by atoms with E-state index in [4.69, 9.17) is 10.5 Å². The van der Waals surface area contributed by atoms with E-state index in [0.717, 1.165) is 75.8 Å². The van der Waals surface area contributed by atoms with Crippen LogP contribution in [-0.2, 0) is 16.0 Å². The summed E-state index contributed by atoms with van der Waals surface area (Å²) in [5.41, 5.74) is 9.23. The maximum atomic E-state index is 12.3. The SMILES string of the molecule is CN1CCN(C(=O)CCc2ccc(N3CCOCC3)c(N)c2)CC1. The predicted octanol–water partition coefficient (Wildman–Crippen LogP) is 0.812. The average molecular weight is 332 g/mol. The van der Waals surface area contributed by atoms with Crippen molar-refractivity contribution in [2.75, 3.05) is 70.2 Å². The second-order valence-corrected chi connectivity index (χ2v) is 6.68. The maximum absolute atomic E-state index is 12.3. The standard InChI is InChI=1S/C18H28N4O2/c1-20-6-8-22(9-7-20)18(23)5-3-15-2-4-17(16(19)14-15)21-10-12-24-13-11-21/h2,4,14H,3,5-13,19H2,1H3. The topological polar surface area (TPSA) is 62.0 Å². The first kappa shape index (κ1) is 17.0. The molecule has 132 valence electrons. The van der Waals surface area contributed by atoms with Crippen molar-refractivity contribution in [1.82, 2.24) is 9.80 Å². The van der Waals surface area contributed by atoms with E-state index in [2.05, 4.69) is 29.0 Å². The molecule has 2 heterocycles. The van der Waals surface area contributed by atoms with Gasteiger partial charge in [0.25, 0.3) is 0 Å². The Balaban J connectivity index is 1.54. The van der Waals surface area contributed by atoms with Gasteiger partial charge in [0.05, 0.1) is 24.6 Å². The number of aryl methyl sites for hydroxylation is 1. The molecule has 1 amide bonds. The van der Waals surface area contributed by atoms with Gasteiger partial charge in [0.15, 0.2) is 0 Å². The van der Waals surface area contributed by atoms with Crippen molar-refractivity contribution in [2.24, 2.45) is 0 Å². The fraction of sp³-hybridized carbons (Fsp3) is 0.611. The second-order valence-electron chi connectivity index (χ2n) is 6.68. The number of hydrogen-bond donors (Lipinski definition) is 1. The van der Waals surface area contributed by atoms with Gasteiger partial charge in [-0.25, -0.2) is 0 Å². The third-order valence-electron chi connectivity index (χ3n) is 4.93. The monoisotopic (exact) mass is 332 g/mol. The van der Waals surface area contributed by atoms with Crippen molar-refractivity contribution in [3.63, 3.8) is 0 Å². The molecule has 2 saturated heterocycles. The molecule has 0 radical (unpaired) electrons. The fourth-order valence-electron chi connectivity index (χ4n) is 3.32. The molecule has 1 aromatic rings. The minimum absolute atomic E-state index is 0.249.